The predicted octanol–water partition coefficient (Wildman–Crippen LogP) is 4.68. The molecule has 33 heavy (non-hydrogen) atoms. The topological polar surface area (TPSA) is 65.8 Å². The molecule has 0 amide bonds. The van der Waals surface area contributed by atoms with Gasteiger partial charge in [-0.2, -0.15) is 18.3 Å². The first kappa shape index (κ1) is 25.5. The number of hydrogen-bond donors (Lipinski definition) is 0. The third-order valence-corrected chi connectivity index (χ3v) is 7.11. The second kappa shape index (κ2) is 10.4. The molecule has 1 saturated heterocycles. The third kappa shape index (κ3) is 7.18. The highest BCUT2D eigenvalue weighted by Gasteiger charge is 2.32. The van der Waals surface area contributed by atoms with Crippen LogP contribution in [0.25, 0.3) is 10.9 Å². The van der Waals surface area contributed by atoms with E-state index in [0.29, 0.717) is 31.5 Å². The molecule has 1 unspecified atom stereocenters. The lowest BCUT2D eigenvalue weighted by Gasteiger charge is -2.19. The maximum Gasteiger partial charge on any atom is 0.411 e. The Morgan fingerprint density at radius 2 is 2.03 bits per heavy atom. The molecule has 1 aromatic carbocycles. The molecule has 1 aromatic heterocycles. The van der Waals surface area contributed by atoms with Gasteiger partial charge in [-0.3, -0.25) is 0 Å². The van der Waals surface area contributed by atoms with Gasteiger partial charge >= 0.3 is 12.1 Å². The van der Waals surface area contributed by atoms with E-state index in [1.807, 2.05) is 23.1 Å². The van der Waals surface area contributed by atoms with Crippen LogP contribution in [0, 0.1) is 0 Å². The average molecular weight is 488 g/mol. The van der Waals surface area contributed by atoms with Crippen molar-refractivity contribution >= 4 is 30.6 Å². The van der Waals surface area contributed by atoms with Gasteiger partial charge in [-0.25, -0.2) is 9.48 Å². The van der Waals surface area contributed by atoms with Gasteiger partial charge in [0.2, 0.25) is 0 Å². The van der Waals surface area contributed by atoms with E-state index in [4.69, 9.17) is 14.2 Å². The summed E-state index contributed by atoms with van der Waals surface area (Å²) >= 11 is 0. The van der Waals surface area contributed by atoms with Crippen LogP contribution in [-0.4, -0.2) is 69.0 Å². The fourth-order valence-electron chi connectivity index (χ4n) is 3.65. The van der Waals surface area contributed by atoms with Crippen molar-refractivity contribution in [1.29, 1.82) is 0 Å². The van der Waals surface area contributed by atoms with Crippen LogP contribution in [0.1, 0.15) is 23.8 Å². The number of halogens is 3. The van der Waals surface area contributed by atoms with E-state index in [1.165, 1.54) is 0 Å². The maximum absolute atomic E-state index is 12.5. The zero-order valence-electron chi connectivity index (χ0n) is 19.6. The van der Waals surface area contributed by atoms with Crippen molar-refractivity contribution in [1.82, 2.24) is 9.78 Å². The molecular formula is C22H32F3N3O4Si. The Kier molecular flexibility index (Phi) is 8.07. The summed E-state index contributed by atoms with van der Waals surface area (Å²) in [4.78, 5) is 14.5. The first-order chi connectivity index (χ1) is 15.5. The van der Waals surface area contributed by atoms with Crippen LogP contribution < -0.4 is 4.90 Å². The molecule has 0 saturated carbocycles. The van der Waals surface area contributed by atoms with Crippen LogP contribution in [-0.2, 0) is 20.9 Å². The molecule has 11 heteroatoms. The summed E-state index contributed by atoms with van der Waals surface area (Å²) in [6, 6.07) is 6.59. The van der Waals surface area contributed by atoms with Gasteiger partial charge in [-0.05, 0) is 37.6 Å². The molecule has 1 fully saturated rings. The number of rotatable bonds is 10. The van der Waals surface area contributed by atoms with Crippen LogP contribution in [0.5, 0.6) is 0 Å². The molecule has 1 aliphatic rings. The van der Waals surface area contributed by atoms with Crippen molar-refractivity contribution in [2.75, 3.05) is 37.8 Å². The molecule has 2 heterocycles. The smallest absolute Gasteiger partial charge is 0.411 e. The Bertz CT molecular complexity index is 959. The van der Waals surface area contributed by atoms with E-state index < -0.39 is 32.9 Å². The van der Waals surface area contributed by atoms with Gasteiger partial charge in [0.1, 0.15) is 13.3 Å². The number of aromatic nitrogens is 2. The largest absolute Gasteiger partial charge is 0.461 e. The molecule has 0 N–H and O–H groups in total. The SMILES string of the molecule is CCOC(=O)c1nn(COCC[Si](C)(C)C)c2ccc(N3CCC(OCC(F)(F)F)C3)cc12. The van der Waals surface area contributed by atoms with Gasteiger partial charge in [0.05, 0.1) is 18.2 Å². The summed E-state index contributed by atoms with van der Waals surface area (Å²) in [6.45, 7) is 9.29. The number of anilines is 1. The summed E-state index contributed by atoms with van der Waals surface area (Å²) in [5.41, 5.74) is 1.73. The lowest BCUT2D eigenvalue weighted by atomic mass is 10.1. The van der Waals surface area contributed by atoms with Crippen LogP contribution >= 0.6 is 0 Å². The molecular weight excluding hydrogens is 455 g/mol. The van der Waals surface area contributed by atoms with E-state index >= 15 is 0 Å². The zero-order valence-corrected chi connectivity index (χ0v) is 20.6. The van der Waals surface area contributed by atoms with Gasteiger partial charge in [0, 0.05) is 38.8 Å². The van der Waals surface area contributed by atoms with Crippen molar-refractivity contribution in [3.8, 4) is 0 Å². The van der Waals surface area contributed by atoms with Crippen LogP contribution in [0.4, 0.5) is 18.9 Å². The summed E-state index contributed by atoms with van der Waals surface area (Å²) in [6.07, 6.45) is -4.33. The molecule has 0 bridgehead atoms. The van der Waals surface area contributed by atoms with Crippen molar-refractivity contribution in [2.24, 2.45) is 0 Å². The lowest BCUT2D eigenvalue weighted by molar-refractivity contribution is -0.183. The summed E-state index contributed by atoms with van der Waals surface area (Å²) < 4.78 is 55.0. The van der Waals surface area contributed by atoms with Crippen molar-refractivity contribution in [3.05, 3.63) is 23.9 Å². The van der Waals surface area contributed by atoms with E-state index in [2.05, 4.69) is 24.7 Å². The first-order valence-electron chi connectivity index (χ1n) is 11.2. The van der Waals surface area contributed by atoms with Crippen LogP contribution in [0.15, 0.2) is 18.2 Å². The molecule has 0 aliphatic carbocycles. The summed E-state index contributed by atoms with van der Waals surface area (Å²) in [5.74, 6) is -0.520. The average Bonchev–Trinajstić information content (AvgIpc) is 3.33. The number of ether oxygens (including phenoxy) is 3. The second-order valence-corrected chi connectivity index (χ2v) is 15.0. The molecule has 0 radical (unpaired) electrons. The number of nitrogens with zero attached hydrogens (tertiary/aromatic N) is 3. The van der Waals surface area contributed by atoms with Gasteiger partial charge in [0.15, 0.2) is 5.69 Å². The van der Waals surface area contributed by atoms with Crippen LogP contribution in [0.3, 0.4) is 0 Å². The molecule has 7 nitrogen and oxygen atoms in total. The quantitative estimate of drug-likeness (QED) is 0.275. The molecule has 0 spiro atoms. The number of benzene rings is 1. The Morgan fingerprint density at radius 3 is 2.70 bits per heavy atom. The highest BCUT2D eigenvalue weighted by Crippen LogP contribution is 2.29. The molecule has 184 valence electrons. The number of alkyl halides is 3. The van der Waals surface area contributed by atoms with Gasteiger partial charge in [-0.15, -0.1) is 0 Å². The number of hydrogen-bond acceptors (Lipinski definition) is 6. The number of fused-ring (bicyclic) bond motifs is 1. The van der Waals surface area contributed by atoms with Gasteiger partial charge in [0.25, 0.3) is 0 Å². The normalized spacial score (nSPS) is 17.2. The highest BCUT2D eigenvalue weighted by molar-refractivity contribution is 6.76. The summed E-state index contributed by atoms with van der Waals surface area (Å²) in [5, 5.41) is 5.07. The minimum Gasteiger partial charge on any atom is -0.461 e. The Morgan fingerprint density at radius 1 is 1.27 bits per heavy atom. The number of carbonyl (C=O) groups is 1. The van der Waals surface area contributed by atoms with Crippen molar-refractivity contribution in [2.45, 2.75) is 58.0 Å². The second-order valence-electron chi connectivity index (χ2n) is 9.40. The third-order valence-electron chi connectivity index (χ3n) is 5.41. The fourth-order valence-corrected chi connectivity index (χ4v) is 4.41. The van der Waals surface area contributed by atoms with E-state index in [9.17, 15) is 18.0 Å². The summed E-state index contributed by atoms with van der Waals surface area (Å²) in [7, 11) is -1.22. The van der Waals surface area contributed by atoms with E-state index in [-0.39, 0.29) is 19.0 Å². The minimum absolute atomic E-state index is 0.201. The van der Waals surface area contributed by atoms with E-state index in [0.717, 1.165) is 17.2 Å². The standard InChI is InChI=1S/C22H32F3N3O4Si/c1-5-31-21(29)20-18-12-16(27-9-8-17(13-27)32-14-22(23,24)25)6-7-19(18)28(26-20)15-30-10-11-33(2,3)4/h6-7,12,17H,5,8-11,13-15H2,1-4H3. The van der Waals surface area contributed by atoms with Crippen molar-refractivity contribution < 1.29 is 32.2 Å². The predicted molar refractivity (Wildman–Crippen MR) is 122 cm³/mol. The van der Waals surface area contributed by atoms with Gasteiger partial charge in [-0.1, -0.05) is 19.6 Å². The first-order valence-corrected chi connectivity index (χ1v) is 14.9. The zero-order chi connectivity index (χ0) is 24.2. The fraction of sp³-hybridized carbons (Fsp3) is 0.636. The molecule has 2 aromatic rings. The Hall–Kier alpha value is -2.11. The Balaban J connectivity index is 1.77. The lowest BCUT2D eigenvalue weighted by Crippen LogP contribution is -2.26. The molecule has 1 aliphatic heterocycles. The number of esters is 1. The highest BCUT2D eigenvalue weighted by atomic mass is 28.3. The molecule has 1 atom stereocenters. The Labute approximate surface area is 192 Å². The van der Waals surface area contributed by atoms with Crippen molar-refractivity contribution in [3.63, 3.8) is 0 Å². The molecule has 3 rings (SSSR count). The van der Waals surface area contributed by atoms with E-state index in [1.54, 1.807) is 11.6 Å². The van der Waals surface area contributed by atoms with Crippen LogP contribution in [0.2, 0.25) is 25.7 Å². The number of carbonyl (C=O) groups excluding carboxylic acids is 1. The maximum atomic E-state index is 12.5. The minimum atomic E-state index is -4.34. The van der Waals surface area contributed by atoms with Gasteiger partial charge < -0.3 is 19.1 Å². The monoisotopic (exact) mass is 487 g/mol.